The van der Waals surface area contributed by atoms with Crippen molar-refractivity contribution in [2.24, 2.45) is 0 Å². The van der Waals surface area contributed by atoms with Crippen molar-refractivity contribution in [2.45, 2.75) is 55.3 Å². The molecule has 0 amide bonds. The smallest absolute Gasteiger partial charge is 0.290 e. The molecule has 8 nitrogen and oxygen atoms in total. The number of nitrogens with zero attached hydrogens (tertiary/aromatic N) is 2. The number of piperidine rings is 1. The summed E-state index contributed by atoms with van der Waals surface area (Å²) in [4.78, 5) is 14.7. The lowest BCUT2D eigenvalue weighted by Crippen LogP contribution is -2.45. The van der Waals surface area contributed by atoms with Crippen molar-refractivity contribution >= 4 is 56.9 Å². The summed E-state index contributed by atoms with van der Waals surface area (Å²) >= 11 is 13.8. The first-order valence-corrected chi connectivity index (χ1v) is 14.5. The number of nitrogens with one attached hydrogen (secondary N) is 1. The topological polar surface area (TPSA) is 109 Å². The normalized spacial score (nSPS) is 21.1. The van der Waals surface area contributed by atoms with Gasteiger partial charge in [-0.2, -0.15) is 0 Å². The number of halogens is 3. The Morgan fingerprint density at radius 2 is 1.89 bits per heavy atom. The maximum Gasteiger partial charge on any atom is 0.290 e. The van der Waals surface area contributed by atoms with Gasteiger partial charge in [0.1, 0.15) is 17.7 Å². The van der Waals surface area contributed by atoms with Crippen molar-refractivity contribution in [2.75, 3.05) is 4.72 Å². The van der Waals surface area contributed by atoms with Gasteiger partial charge < -0.3 is 9.84 Å². The van der Waals surface area contributed by atoms with Crippen LogP contribution in [0.2, 0.25) is 10.0 Å². The molecule has 2 fully saturated rings. The van der Waals surface area contributed by atoms with Crippen LogP contribution < -0.4 is 9.46 Å². The molecule has 198 valence electrons. The Bertz CT molecular complexity index is 1330. The fourth-order valence-corrected chi connectivity index (χ4v) is 6.89. The second kappa shape index (κ2) is 12.0. The number of anilines is 1. The number of sulfonamides is 1. The van der Waals surface area contributed by atoms with Gasteiger partial charge >= 0.3 is 0 Å². The summed E-state index contributed by atoms with van der Waals surface area (Å²) in [6.45, 7) is 0.272. The number of benzene rings is 2. The maximum atomic E-state index is 14.3. The van der Waals surface area contributed by atoms with Gasteiger partial charge in [-0.05, 0) is 62.1 Å². The minimum absolute atomic E-state index is 0.0382. The third-order valence-electron chi connectivity index (χ3n) is 6.38. The molecule has 37 heavy (non-hydrogen) atoms. The van der Waals surface area contributed by atoms with Crippen molar-refractivity contribution in [3.63, 3.8) is 0 Å². The summed E-state index contributed by atoms with van der Waals surface area (Å²) in [6, 6.07) is 9.67. The average molecular weight is 589 g/mol. The molecule has 0 saturated carbocycles. The van der Waals surface area contributed by atoms with Gasteiger partial charge in [-0.15, -0.1) is 11.3 Å². The van der Waals surface area contributed by atoms with Crippen LogP contribution >= 0.6 is 34.5 Å². The van der Waals surface area contributed by atoms with Crippen molar-refractivity contribution in [3.05, 3.63) is 68.7 Å². The fourth-order valence-electron chi connectivity index (χ4n) is 4.82. The quantitative estimate of drug-likeness (QED) is 0.343. The second-order valence-corrected chi connectivity index (χ2v) is 11.9. The predicted octanol–water partition coefficient (Wildman–Crippen LogP) is 5.67. The minimum Gasteiger partial charge on any atom is -0.489 e. The molecule has 13 heteroatoms. The van der Waals surface area contributed by atoms with Gasteiger partial charge in [0.05, 0.1) is 15.4 Å². The van der Waals surface area contributed by atoms with E-state index in [1.165, 1.54) is 29.5 Å². The zero-order valence-corrected chi connectivity index (χ0v) is 22.5. The summed E-state index contributed by atoms with van der Waals surface area (Å²) in [6.07, 6.45) is 3.59. The summed E-state index contributed by atoms with van der Waals surface area (Å²) in [7, 11) is -3.80. The van der Waals surface area contributed by atoms with Gasteiger partial charge in [0.15, 0.2) is 5.82 Å². The molecule has 1 unspecified atom stereocenters. The van der Waals surface area contributed by atoms with Gasteiger partial charge in [-0.25, -0.2) is 17.8 Å². The van der Waals surface area contributed by atoms with E-state index in [0.717, 1.165) is 25.7 Å². The maximum absolute atomic E-state index is 14.3. The molecule has 2 aliphatic heterocycles. The Balaban J connectivity index is 0.00000102. The van der Waals surface area contributed by atoms with E-state index >= 15 is 0 Å². The summed E-state index contributed by atoms with van der Waals surface area (Å²) < 4.78 is 48.1. The monoisotopic (exact) mass is 587 g/mol. The van der Waals surface area contributed by atoms with Crippen LogP contribution in [0.4, 0.5) is 10.2 Å². The first-order valence-electron chi connectivity index (χ1n) is 11.3. The first kappa shape index (κ1) is 27.6. The van der Waals surface area contributed by atoms with Crippen LogP contribution in [0.25, 0.3) is 0 Å². The van der Waals surface area contributed by atoms with E-state index in [2.05, 4.69) is 14.6 Å². The molecule has 2 aliphatic rings. The van der Waals surface area contributed by atoms with Crippen molar-refractivity contribution in [1.29, 1.82) is 0 Å². The SMILES string of the molecule is O=CO.O=S(=O)(Nc1cscn1)c1ccc(OC2C[C@H]3CC[C@@H](C2)N3Cc2cc(Cl)ccc2F)c(Cl)c1. The van der Waals surface area contributed by atoms with Crippen LogP contribution in [0.15, 0.2) is 52.2 Å². The standard InChI is InChI=1S/C23H22Cl2FN3O3S2.CH2O2/c24-15-1-5-21(26)14(7-15)11-29-16-2-3-17(29)9-18(8-16)32-22-6-4-19(10-20(22)25)34(30,31)28-23-12-33-13-27-23;2-1-3/h1,4-7,10,12-13,16-18,28H,2-3,8-9,11H2;1H,(H,2,3)/t16-,17+,18?;. The summed E-state index contributed by atoms with van der Waals surface area (Å²) in [5.74, 6) is 0.475. The van der Waals surface area contributed by atoms with Crippen molar-refractivity contribution in [1.82, 2.24) is 9.88 Å². The summed E-state index contributed by atoms with van der Waals surface area (Å²) in [5.41, 5.74) is 2.15. The highest BCUT2D eigenvalue weighted by atomic mass is 35.5. The number of carboxylic acid groups (broad SMARTS) is 1. The van der Waals surface area contributed by atoms with Gasteiger partial charge in [-0.1, -0.05) is 23.2 Å². The van der Waals surface area contributed by atoms with Crippen LogP contribution in [-0.4, -0.2) is 48.1 Å². The Morgan fingerprint density at radius 1 is 1.19 bits per heavy atom. The van der Waals surface area contributed by atoms with Gasteiger partial charge in [0.2, 0.25) is 0 Å². The van der Waals surface area contributed by atoms with E-state index in [4.69, 9.17) is 37.8 Å². The zero-order chi connectivity index (χ0) is 26.6. The van der Waals surface area contributed by atoms with E-state index in [9.17, 15) is 12.8 Å². The van der Waals surface area contributed by atoms with Gasteiger partial charge in [-0.3, -0.25) is 14.4 Å². The highest BCUT2D eigenvalue weighted by Gasteiger charge is 2.41. The number of ether oxygens (including phenoxy) is 1. The number of hydrogen-bond donors (Lipinski definition) is 2. The third kappa shape index (κ3) is 6.71. The van der Waals surface area contributed by atoms with Crippen molar-refractivity contribution in [3.8, 4) is 5.75 Å². The number of fused-ring (bicyclic) bond motifs is 2. The molecule has 3 atom stereocenters. The Kier molecular flexibility index (Phi) is 8.91. The average Bonchev–Trinajstić information content (AvgIpc) is 3.42. The third-order valence-corrected chi connectivity index (χ3v) is 8.85. The van der Waals surface area contributed by atoms with Crippen LogP contribution in [0.5, 0.6) is 5.75 Å². The number of hydrogen-bond acceptors (Lipinski definition) is 7. The zero-order valence-electron chi connectivity index (χ0n) is 19.4. The first-order chi connectivity index (χ1) is 17.7. The molecule has 2 aromatic carbocycles. The minimum atomic E-state index is -3.80. The molecule has 0 spiro atoms. The number of aromatic nitrogens is 1. The van der Waals surface area contributed by atoms with Crippen LogP contribution in [0.1, 0.15) is 31.2 Å². The Labute approximate surface area is 228 Å². The largest absolute Gasteiger partial charge is 0.489 e. The molecule has 0 aliphatic carbocycles. The fraction of sp³-hybridized carbons (Fsp3) is 0.333. The summed E-state index contributed by atoms with van der Waals surface area (Å²) in [5, 5.41) is 9.26. The van der Waals surface area contributed by atoms with Gasteiger partial charge in [0, 0.05) is 34.6 Å². The lowest BCUT2D eigenvalue weighted by molar-refractivity contribution is -0.122. The lowest BCUT2D eigenvalue weighted by Gasteiger charge is -2.39. The number of carbonyl (C=O) groups is 1. The lowest BCUT2D eigenvalue weighted by atomic mass is 9.98. The molecule has 2 saturated heterocycles. The molecule has 0 radical (unpaired) electrons. The van der Waals surface area contributed by atoms with Crippen molar-refractivity contribution < 1.29 is 27.4 Å². The predicted molar refractivity (Wildman–Crippen MR) is 140 cm³/mol. The molecule has 2 N–H and O–H groups in total. The van der Waals surface area contributed by atoms with E-state index in [1.54, 1.807) is 29.1 Å². The number of rotatable bonds is 7. The molecule has 3 aromatic rings. The van der Waals surface area contributed by atoms with Gasteiger partial charge in [0.25, 0.3) is 16.5 Å². The van der Waals surface area contributed by atoms with E-state index < -0.39 is 10.0 Å². The molecule has 2 bridgehead atoms. The second-order valence-electron chi connectivity index (χ2n) is 8.68. The molecule has 1 aromatic heterocycles. The Morgan fingerprint density at radius 3 is 2.51 bits per heavy atom. The Hall–Kier alpha value is -2.44. The van der Waals surface area contributed by atoms with E-state index in [-0.39, 0.29) is 46.2 Å². The van der Waals surface area contributed by atoms with Crippen LogP contribution in [0, 0.1) is 5.82 Å². The van der Waals surface area contributed by atoms with Crippen LogP contribution in [0.3, 0.4) is 0 Å². The molecule has 3 heterocycles. The molecular formula is C24H24Cl2FN3O5S2. The van der Waals surface area contributed by atoms with E-state index in [1.807, 2.05) is 0 Å². The molecule has 5 rings (SSSR count). The highest BCUT2D eigenvalue weighted by molar-refractivity contribution is 7.92. The van der Waals surface area contributed by atoms with E-state index in [0.29, 0.717) is 22.9 Å². The number of thiazole rings is 1. The molecular weight excluding hydrogens is 564 g/mol. The highest BCUT2D eigenvalue weighted by Crippen LogP contribution is 2.40. The van der Waals surface area contributed by atoms with Crippen LogP contribution in [-0.2, 0) is 21.4 Å².